The zero-order valence-electron chi connectivity index (χ0n) is 9.74. The Morgan fingerprint density at radius 1 is 1.26 bits per heavy atom. The fourth-order valence-electron chi connectivity index (χ4n) is 2.06. The number of hydrogen-bond acceptors (Lipinski definition) is 4. The van der Waals surface area contributed by atoms with Crippen LogP contribution in [0.1, 0.15) is 26.5 Å². The van der Waals surface area contributed by atoms with Crippen molar-refractivity contribution >= 4 is 46.1 Å². The molecule has 0 radical (unpaired) electrons. The maximum absolute atomic E-state index is 12.2. The second-order valence-corrected chi connectivity index (χ2v) is 6.05. The quantitative estimate of drug-likeness (QED) is 0.862. The fraction of sp³-hybridized carbons (Fsp3) is 0.250. The van der Waals surface area contributed by atoms with Crippen LogP contribution in [0, 0.1) is 0 Å². The van der Waals surface area contributed by atoms with E-state index in [1.165, 1.54) is 34.5 Å². The van der Waals surface area contributed by atoms with E-state index in [1.54, 1.807) is 0 Å². The number of carbonyl (C=O) groups excluding carboxylic acids is 1. The van der Waals surface area contributed by atoms with Crippen molar-refractivity contribution in [3.05, 3.63) is 38.0 Å². The molecule has 2 aromatic heterocycles. The SMILES string of the molecule is O=C(Nc1c(Cl)ncnc1Cl)c1cc2c(s1)CCC2. The summed E-state index contributed by atoms with van der Waals surface area (Å²) in [5.74, 6) is -0.224. The van der Waals surface area contributed by atoms with Gasteiger partial charge in [-0.15, -0.1) is 11.3 Å². The molecule has 7 heteroatoms. The lowest BCUT2D eigenvalue weighted by Crippen LogP contribution is -2.12. The van der Waals surface area contributed by atoms with Gasteiger partial charge in [0, 0.05) is 4.88 Å². The molecule has 0 aromatic carbocycles. The van der Waals surface area contributed by atoms with Gasteiger partial charge in [0.05, 0.1) is 4.88 Å². The molecule has 0 atom stereocenters. The Labute approximate surface area is 123 Å². The molecule has 19 heavy (non-hydrogen) atoms. The first-order valence-electron chi connectivity index (χ1n) is 5.74. The van der Waals surface area contributed by atoms with Gasteiger partial charge in [-0.05, 0) is 30.9 Å². The van der Waals surface area contributed by atoms with Gasteiger partial charge in [-0.25, -0.2) is 9.97 Å². The van der Waals surface area contributed by atoms with Crippen LogP contribution in [0.5, 0.6) is 0 Å². The molecular formula is C12H9Cl2N3OS. The first-order chi connectivity index (χ1) is 9.15. The molecule has 0 fully saturated rings. The first kappa shape index (κ1) is 12.8. The van der Waals surface area contributed by atoms with Crippen LogP contribution in [0.15, 0.2) is 12.4 Å². The van der Waals surface area contributed by atoms with Crippen LogP contribution in [0.2, 0.25) is 10.3 Å². The number of nitrogens with one attached hydrogen (secondary N) is 1. The smallest absolute Gasteiger partial charge is 0.265 e. The van der Waals surface area contributed by atoms with Crippen molar-refractivity contribution in [3.63, 3.8) is 0 Å². The number of carbonyl (C=O) groups is 1. The molecule has 4 nitrogen and oxygen atoms in total. The van der Waals surface area contributed by atoms with E-state index in [9.17, 15) is 4.79 Å². The van der Waals surface area contributed by atoms with E-state index >= 15 is 0 Å². The average Bonchev–Trinajstić information content (AvgIpc) is 2.94. The van der Waals surface area contributed by atoms with Crippen molar-refractivity contribution in [2.75, 3.05) is 5.32 Å². The summed E-state index contributed by atoms with van der Waals surface area (Å²) in [5, 5.41) is 2.94. The second kappa shape index (κ2) is 5.07. The van der Waals surface area contributed by atoms with Crippen LogP contribution in [0.25, 0.3) is 0 Å². The number of hydrogen-bond donors (Lipinski definition) is 1. The molecule has 0 spiro atoms. The minimum absolute atomic E-state index is 0.137. The number of aryl methyl sites for hydroxylation is 2. The molecule has 1 N–H and O–H groups in total. The predicted octanol–water partition coefficient (Wildman–Crippen LogP) is 3.59. The lowest BCUT2D eigenvalue weighted by atomic mass is 10.2. The monoisotopic (exact) mass is 313 g/mol. The Kier molecular flexibility index (Phi) is 3.43. The molecule has 1 aliphatic rings. The fourth-order valence-corrected chi connectivity index (χ4v) is 3.62. The second-order valence-electron chi connectivity index (χ2n) is 4.20. The number of halogens is 2. The number of anilines is 1. The highest BCUT2D eigenvalue weighted by atomic mass is 35.5. The number of rotatable bonds is 2. The zero-order valence-corrected chi connectivity index (χ0v) is 12.1. The van der Waals surface area contributed by atoms with Gasteiger partial charge < -0.3 is 5.32 Å². The minimum atomic E-state index is -0.224. The Balaban J connectivity index is 1.85. The Hall–Kier alpha value is -1.17. The summed E-state index contributed by atoms with van der Waals surface area (Å²) in [6.07, 6.45) is 4.53. The zero-order chi connectivity index (χ0) is 13.4. The van der Waals surface area contributed by atoms with Crippen molar-refractivity contribution in [2.45, 2.75) is 19.3 Å². The molecule has 1 amide bonds. The molecule has 0 saturated carbocycles. The van der Waals surface area contributed by atoms with E-state index in [-0.39, 0.29) is 21.9 Å². The third kappa shape index (κ3) is 2.45. The Morgan fingerprint density at radius 3 is 2.68 bits per heavy atom. The lowest BCUT2D eigenvalue weighted by Gasteiger charge is -2.06. The van der Waals surface area contributed by atoms with Crippen molar-refractivity contribution in [2.24, 2.45) is 0 Å². The highest BCUT2D eigenvalue weighted by Gasteiger charge is 2.20. The highest BCUT2D eigenvalue weighted by molar-refractivity contribution is 7.14. The van der Waals surface area contributed by atoms with Gasteiger partial charge in [0.15, 0.2) is 10.3 Å². The highest BCUT2D eigenvalue weighted by Crippen LogP contribution is 2.32. The van der Waals surface area contributed by atoms with Crippen LogP contribution < -0.4 is 5.32 Å². The predicted molar refractivity (Wildman–Crippen MR) is 76.3 cm³/mol. The van der Waals surface area contributed by atoms with Crippen molar-refractivity contribution in [3.8, 4) is 0 Å². The first-order valence-corrected chi connectivity index (χ1v) is 7.31. The maximum atomic E-state index is 12.2. The minimum Gasteiger partial charge on any atom is -0.316 e. The van der Waals surface area contributed by atoms with E-state index in [2.05, 4.69) is 15.3 Å². The summed E-state index contributed by atoms with van der Waals surface area (Å²) in [4.78, 5) is 21.7. The number of fused-ring (bicyclic) bond motifs is 1. The van der Waals surface area contributed by atoms with E-state index in [0.717, 1.165) is 12.8 Å². The van der Waals surface area contributed by atoms with Crippen LogP contribution in [-0.2, 0) is 12.8 Å². The Bertz CT molecular complexity index is 615. The number of nitrogens with zero attached hydrogens (tertiary/aromatic N) is 2. The number of amides is 1. The molecule has 3 rings (SSSR count). The van der Waals surface area contributed by atoms with E-state index < -0.39 is 0 Å². The largest absolute Gasteiger partial charge is 0.316 e. The van der Waals surface area contributed by atoms with E-state index in [4.69, 9.17) is 23.2 Å². The molecule has 0 saturated heterocycles. The van der Waals surface area contributed by atoms with Gasteiger partial charge in [0.25, 0.3) is 5.91 Å². The summed E-state index contributed by atoms with van der Waals surface area (Å²) in [6, 6.07) is 1.94. The summed E-state index contributed by atoms with van der Waals surface area (Å²) >= 11 is 13.3. The van der Waals surface area contributed by atoms with Crippen molar-refractivity contribution in [1.82, 2.24) is 9.97 Å². The van der Waals surface area contributed by atoms with Gasteiger partial charge in [0.1, 0.15) is 12.0 Å². The van der Waals surface area contributed by atoms with E-state index in [0.29, 0.717) is 4.88 Å². The van der Waals surface area contributed by atoms with Crippen molar-refractivity contribution < 1.29 is 4.79 Å². The molecule has 0 aliphatic heterocycles. The van der Waals surface area contributed by atoms with Gasteiger partial charge >= 0.3 is 0 Å². The van der Waals surface area contributed by atoms with Gasteiger partial charge in [-0.1, -0.05) is 23.2 Å². The number of thiophene rings is 1. The summed E-state index contributed by atoms with van der Waals surface area (Å²) in [5.41, 5.74) is 1.53. The van der Waals surface area contributed by atoms with Crippen LogP contribution in [0.4, 0.5) is 5.69 Å². The molecule has 0 unspecified atom stereocenters. The van der Waals surface area contributed by atoms with Gasteiger partial charge in [-0.2, -0.15) is 0 Å². The molecule has 98 valence electrons. The molecule has 1 aliphatic carbocycles. The summed E-state index contributed by atoms with van der Waals surface area (Å²) in [7, 11) is 0. The standard InChI is InChI=1S/C12H9Cl2N3OS/c13-10-9(11(14)16-5-15-10)17-12(18)8-4-6-2-1-3-7(6)19-8/h4-5H,1-3H2,(H,17,18). The topological polar surface area (TPSA) is 54.9 Å². The maximum Gasteiger partial charge on any atom is 0.265 e. The van der Waals surface area contributed by atoms with Crippen molar-refractivity contribution in [1.29, 1.82) is 0 Å². The average molecular weight is 314 g/mol. The van der Waals surface area contributed by atoms with Crippen LogP contribution in [-0.4, -0.2) is 15.9 Å². The van der Waals surface area contributed by atoms with Crippen LogP contribution >= 0.6 is 34.5 Å². The molecule has 2 aromatic rings. The van der Waals surface area contributed by atoms with Gasteiger partial charge in [0.2, 0.25) is 0 Å². The van der Waals surface area contributed by atoms with Gasteiger partial charge in [-0.3, -0.25) is 4.79 Å². The van der Waals surface area contributed by atoms with E-state index in [1.807, 2.05) is 6.07 Å². The molecule has 2 heterocycles. The molecule has 0 bridgehead atoms. The summed E-state index contributed by atoms with van der Waals surface area (Å²) < 4.78 is 0. The lowest BCUT2D eigenvalue weighted by molar-refractivity contribution is 0.103. The number of aromatic nitrogens is 2. The Morgan fingerprint density at radius 2 is 2.00 bits per heavy atom. The summed E-state index contributed by atoms with van der Waals surface area (Å²) in [6.45, 7) is 0. The molecular weight excluding hydrogens is 305 g/mol. The normalized spacial score (nSPS) is 13.4. The third-order valence-corrected chi connectivity index (χ3v) is 4.77. The third-order valence-electron chi connectivity index (χ3n) is 2.96. The van der Waals surface area contributed by atoms with Crippen LogP contribution in [0.3, 0.4) is 0 Å².